The number of aryl methyl sites for hydroxylation is 1. The third kappa shape index (κ3) is 2.87. The summed E-state index contributed by atoms with van der Waals surface area (Å²) in [6.07, 6.45) is 3.60. The monoisotopic (exact) mass is 230 g/mol. The van der Waals surface area contributed by atoms with Crippen LogP contribution >= 0.6 is 0 Å². The van der Waals surface area contributed by atoms with Gasteiger partial charge >= 0.3 is 0 Å². The van der Waals surface area contributed by atoms with Gasteiger partial charge in [0.2, 0.25) is 0 Å². The molecule has 1 N–H and O–H groups in total. The fourth-order valence-corrected chi connectivity index (χ4v) is 1.24. The van der Waals surface area contributed by atoms with Crippen LogP contribution in [0.2, 0.25) is 0 Å². The normalized spacial score (nSPS) is 10.1. The molecule has 0 aliphatic heterocycles. The van der Waals surface area contributed by atoms with Gasteiger partial charge in [-0.3, -0.25) is 9.99 Å². The van der Waals surface area contributed by atoms with Crippen LogP contribution in [0.25, 0.3) is 5.82 Å². The zero-order valence-electron chi connectivity index (χ0n) is 10.0. The van der Waals surface area contributed by atoms with E-state index >= 15 is 0 Å². The first-order valence-corrected chi connectivity index (χ1v) is 5.27. The Morgan fingerprint density at radius 3 is 2.65 bits per heavy atom. The fourth-order valence-electron chi connectivity index (χ4n) is 1.24. The molecule has 0 aliphatic rings. The molecule has 0 radical (unpaired) electrons. The fraction of sp³-hybridized carbons (Fsp3) is 0.273. The van der Waals surface area contributed by atoms with E-state index in [9.17, 15) is 0 Å². The first kappa shape index (κ1) is 11.3. The molecule has 0 bridgehead atoms. The summed E-state index contributed by atoms with van der Waals surface area (Å²) < 4.78 is 1.82. The largest absolute Gasteiger partial charge is 0.289 e. The molecule has 0 aliphatic carbocycles. The molecule has 6 nitrogen and oxygen atoms in total. The van der Waals surface area contributed by atoms with E-state index in [2.05, 4.69) is 25.7 Å². The second-order valence-corrected chi connectivity index (χ2v) is 3.87. The Morgan fingerprint density at radius 1 is 1.29 bits per heavy atom. The number of imidazole rings is 1. The smallest absolute Gasteiger partial charge is 0.168 e. The van der Waals surface area contributed by atoms with Gasteiger partial charge in [-0.25, -0.2) is 4.98 Å². The Morgan fingerprint density at radius 2 is 2.12 bits per heavy atom. The maximum Gasteiger partial charge on any atom is 0.168 e. The highest BCUT2D eigenvalue weighted by Crippen LogP contribution is 2.07. The number of hydrogen-bond acceptors (Lipinski definition) is 5. The van der Waals surface area contributed by atoms with E-state index < -0.39 is 0 Å². The summed E-state index contributed by atoms with van der Waals surface area (Å²) >= 11 is 0. The van der Waals surface area contributed by atoms with Gasteiger partial charge in [0, 0.05) is 11.9 Å². The SMILES string of the molecule is CC(C)=NNc1ccc(-n2cnc(C)c2)nn1. The zero-order chi connectivity index (χ0) is 12.3. The summed E-state index contributed by atoms with van der Waals surface area (Å²) in [5, 5.41) is 12.1. The molecule has 0 atom stereocenters. The van der Waals surface area contributed by atoms with Crippen molar-refractivity contribution in [2.45, 2.75) is 20.8 Å². The van der Waals surface area contributed by atoms with E-state index in [1.165, 1.54) is 0 Å². The molecule has 2 aromatic rings. The number of nitrogens with zero attached hydrogens (tertiary/aromatic N) is 5. The van der Waals surface area contributed by atoms with Crippen molar-refractivity contribution in [1.82, 2.24) is 19.7 Å². The quantitative estimate of drug-likeness (QED) is 0.644. The van der Waals surface area contributed by atoms with Crippen molar-refractivity contribution in [2.24, 2.45) is 5.10 Å². The Bertz CT molecular complexity index is 521. The van der Waals surface area contributed by atoms with Gasteiger partial charge in [0.15, 0.2) is 11.6 Å². The van der Waals surface area contributed by atoms with Gasteiger partial charge in [0.1, 0.15) is 6.33 Å². The number of hydrazone groups is 1. The van der Waals surface area contributed by atoms with Gasteiger partial charge in [-0.05, 0) is 32.9 Å². The first-order chi connectivity index (χ1) is 8.15. The van der Waals surface area contributed by atoms with Crippen molar-refractivity contribution in [3.8, 4) is 5.82 Å². The Hall–Kier alpha value is -2.24. The lowest BCUT2D eigenvalue weighted by Crippen LogP contribution is -2.00. The van der Waals surface area contributed by atoms with Crippen LogP contribution in [0.1, 0.15) is 19.5 Å². The van der Waals surface area contributed by atoms with Crippen LogP contribution in [0, 0.1) is 6.92 Å². The number of aromatic nitrogens is 4. The topological polar surface area (TPSA) is 68.0 Å². The molecule has 0 saturated heterocycles. The van der Waals surface area contributed by atoms with E-state index in [0.717, 1.165) is 17.2 Å². The van der Waals surface area contributed by atoms with E-state index in [1.54, 1.807) is 6.33 Å². The molecule has 0 spiro atoms. The molecule has 6 heteroatoms. The minimum Gasteiger partial charge on any atom is -0.289 e. The van der Waals surface area contributed by atoms with Crippen LogP contribution in [0.3, 0.4) is 0 Å². The second-order valence-electron chi connectivity index (χ2n) is 3.87. The van der Waals surface area contributed by atoms with Gasteiger partial charge in [0.05, 0.1) is 5.69 Å². The molecule has 0 fully saturated rings. The number of hydrogen-bond donors (Lipinski definition) is 1. The third-order valence-electron chi connectivity index (χ3n) is 2.02. The number of nitrogens with one attached hydrogen (secondary N) is 1. The Labute approximate surface area is 99.4 Å². The summed E-state index contributed by atoms with van der Waals surface area (Å²) in [5.41, 5.74) is 4.69. The number of rotatable bonds is 3. The van der Waals surface area contributed by atoms with Gasteiger partial charge in [-0.2, -0.15) is 5.10 Å². The molecule has 2 rings (SSSR count). The maximum atomic E-state index is 4.13. The molecule has 0 aromatic carbocycles. The molecule has 2 heterocycles. The van der Waals surface area contributed by atoms with Crippen molar-refractivity contribution < 1.29 is 0 Å². The van der Waals surface area contributed by atoms with Crippen LogP contribution < -0.4 is 5.43 Å². The lowest BCUT2D eigenvalue weighted by molar-refractivity contribution is 0.911. The lowest BCUT2D eigenvalue weighted by atomic mass is 10.5. The van der Waals surface area contributed by atoms with Gasteiger partial charge in [-0.15, -0.1) is 10.2 Å². The summed E-state index contributed by atoms with van der Waals surface area (Å²) in [6, 6.07) is 3.68. The minimum absolute atomic E-state index is 0.617. The van der Waals surface area contributed by atoms with Crippen LogP contribution in [-0.2, 0) is 0 Å². The molecular formula is C11H14N6. The van der Waals surface area contributed by atoms with Crippen LogP contribution in [0.5, 0.6) is 0 Å². The van der Waals surface area contributed by atoms with Gasteiger partial charge in [0.25, 0.3) is 0 Å². The van der Waals surface area contributed by atoms with E-state index in [0.29, 0.717) is 5.82 Å². The van der Waals surface area contributed by atoms with E-state index in [4.69, 9.17) is 0 Å². The van der Waals surface area contributed by atoms with Crippen molar-refractivity contribution >= 4 is 11.5 Å². The summed E-state index contributed by atoms with van der Waals surface area (Å²) in [7, 11) is 0. The molecule has 0 saturated carbocycles. The molecule has 0 amide bonds. The lowest BCUT2D eigenvalue weighted by Gasteiger charge is -2.02. The first-order valence-electron chi connectivity index (χ1n) is 5.27. The third-order valence-corrected chi connectivity index (χ3v) is 2.02. The van der Waals surface area contributed by atoms with Gasteiger partial charge in [-0.1, -0.05) is 0 Å². The van der Waals surface area contributed by atoms with Crippen molar-refractivity contribution in [2.75, 3.05) is 5.43 Å². The predicted molar refractivity (Wildman–Crippen MR) is 66.3 cm³/mol. The molecule has 0 unspecified atom stereocenters. The highest BCUT2D eigenvalue weighted by molar-refractivity contribution is 5.79. The van der Waals surface area contributed by atoms with Crippen LogP contribution in [0.15, 0.2) is 29.8 Å². The van der Waals surface area contributed by atoms with Crippen molar-refractivity contribution in [1.29, 1.82) is 0 Å². The van der Waals surface area contributed by atoms with Crippen LogP contribution in [0.4, 0.5) is 5.82 Å². The molecule has 2 aromatic heterocycles. The van der Waals surface area contributed by atoms with E-state index in [1.807, 2.05) is 43.7 Å². The van der Waals surface area contributed by atoms with Crippen molar-refractivity contribution in [3.05, 3.63) is 30.4 Å². The summed E-state index contributed by atoms with van der Waals surface area (Å²) in [6.45, 7) is 5.74. The highest BCUT2D eigenvalue weighted by Gasteiger charge is 2.00. The number of anilines is 1. The van der Waals surface area contributed by atoms with Gasteiger partial charge < -0.3 is 0 Å². The summed E-state index contributed by atoms with van der Waals surface area (Å²) in [4.78, 5) is 4.13. The standard InChI is InChI=1S/C11H14N6/c1-8(2)13-14-10-4-5-11(16-15-10)17-6-9(3)12-7-17/h4-7H,1-3H3,(H,14,15). The minimum atomic E-state index is 0.617. The summed E-state index contributed by atoms with van der Waals surface area (Å²) in [5.74, 6) is 1.35. The second kappa shape index (κ2) is 4.73. The van der Waals surface area contributed by atoms with E-state index in [-0.39, 0.29) is 0 Å². The molecule has 88 valence electrons. The van der Waals surface area contributed by atoms with Crippen LogP contribution in [-0.4, -0.2) is 25.5 Å². The molecular weight excluding hydrogens is 216 g/mol. The highest BCUT2D eigenvalue weighted by atomic mass is 15.4. The average molecular weight is 230 g/mol. The average Bonchev–Trinajstić information content (AvgIpc) is 2.74. The predicted octanol–water partition coefficient (Wildman–Crippen LogP) is 1.78. The molecule has 17 heavy (non-hydrogen) atoms. The van der Waals surface area contributed by atoms with Crippen molar-refractivity contribution in [3.63, 3.8) is 0 Å². The maximum absolute atomic E-state index is 4.13. The Kier molecular flexibility index (Phi) is 3.13. The Balaban J connectivity index is 2.15. The zero-order valence-corrected chi connectivity index (χ0v) is 10.0.